The molecule has 0 amide bonds. The van der Waals surface area contributed by atoms with Gasteiger partial charge in [-0.1, -0.05) is 84.9 Å². The molecule has 5 nitrogen and oxygen atoms in total. The minimum Gasteiger partial charge on any atom is -0.448 e. The Hall–Kier alpha value is -4.51. The van der Waals surface area contributed by atoms with Crippen molar-refractivity contribution in [3.05, 3.63) is 131 Å². The Bertz CT molecular complexity index is 1500. The van der Waals surface area contributed by atoms with Crippen LogP contribution in [0.25, 0.3) is 21.8 Å². The standard InChI is InChI=1S/C29H21NO4/c31-26(34-29(21-13-5-2-6-14-21)27(32)20-11-3-1-4-12-20)19-30-24-17-9-7-15-22(24)28(33)23-16-8-10-18-25(23)30/h1-18,29H,19H2. The van der Waals surface area contributed by atoms with E-state index in [0.29, 0.717) is 32.9 Å². The fourth-order valence-corrected chi connectivity index (χ4v) is 4.20. The maximum Gasteiger partial charge on any atom is 0.327 e. The van der Waals surface area contributed by atoms with Crippen LogP contribution in [0.1, 0.15) is 22.0 Å². The third kappa shape index (κ3) is 3.99. The van der Waals surface area contributed by atoms with E-state index < -0.39 is 12.1 Å². The quantitative estimate of drug-likeness (QED) is 0.201. The molecule has 4 aromatic carbocycles. The smallest absolute Gasteiger partial charge is 0.327 e. The normalized spacial score (nSPS) is 11.9. The third-order valence-electron chi connectivity index (χ3n) is 5.81. The molecule has 166 valence electrons. The number of rotatable bonds is 6. The topological polar surface area (TPSA) is 65.4 Å². The lowest BCUT2D eigenvalue weighted by Gasteiger charge is -2.19. The summed E-state index contributed by atoms with van der Waals surface area (Å²) in [5.74, 6) is -0.869. The molecular formula is C29H21NO4. The van der Waals surface area contributed by atoms with Crippen LogP contribution in [0.4, 0.5) is 0 Å². The molecule has 0 N–H and O–H groups in total. The van der Waals surface area contributed by atoms with Crippen molar-refractivity contribution in [3.63, 3.8) is 0 Å². The molecule has 5 rings (SSSR count). The van der Waals surface area contributed by atoms with E-state index in [4.69, 9.17) is 4.74 Å². The number of benzene rings is 4. The number of para-hydroxylation sites is 2. The molecule has 0 aliphatic carbocycles. The molecular weight excluding hydrogens is 426 g/mol. The van der Waals surface area contributed by atoms with Crippen molar-refractivity contribution in [2.45, 2.75) is 12.6 Å². The minimum atomic E-state index is -1.08. The van der Waals surface area contributed by atoms with E-state index in [2.05, 4.69) is 0 Å². The summed E-state index contributed by atoms with van der Waals surface area (Å²) < 4.78 is 7.56. The van der Waals surface area contributed by atoms with Crippen molar-refractivity contribution < 1.29 is 14.3 Å². The molecule has 1 unspecified atom stereocenters. The molecule has 0 radical (unpaired) electrons. The van der Waals surface area contributed by atoms with Crippen LogP contribution in [-0.2, 0) is 16.1 Å². The number of aromatic nitrogens is 1. The summed E-state index contributed by atoms with van der Waals surface area (Å²) in [6.45, 7) is -0.146. The summed E-state index contributed by atoms with van der Waals surface area (Å²) in [4.78, 5) is 39.5. The van der Waals surface area contributed by atoms with Crippen molar-refractivity contribution in [3.8, 4) is 0 Å². The van der Waals surface area contributed by atoms with E-state index >= 15 is 0 Å². The van der Waals surface area contributed by atoms with Crippen LogP contribution in [0.2, 0.25) is 0 Å². The monoisotopic (exact) mass is 447 g/mol. The highest BCUT2D eigenvalue weighted by molar-refractivity contribution is 6.01. The van der Waals surface area contributed by atoms with Crippen LogP contribution < -0.4 is 5.43 Å². The summed E-state index contributed by atoms with van der Waals surface area (Å²) in [5.41, 5.74) is 2.24. The Labute approximate surface area is 195 Å². The molecule has 1 heterocycles. The van der Waals surface area contributed by atoms with Gasteiger partial charge in [0.25, 0.3) is 0 Å². The first kappa shape index (κ1) is 21.3. The molecule has 0 aliphatic heterocycles. The second kappa shape index (κ2) is 9.16. The first-order valence-corrected chi connectivity index (χ1v) is 11.0. The Kier molecular flexibility index (Phi) is 5.75. The molecule has 0 bridgehead atoms. The number of pyridine rings is 1. The average molecular weight is 447 g/mol. The van der Waals surface area contributed by atoms with Crippen molar-refractivity contribution in [2.24, 2.45) is 0 Å². The summed E-state index contributed by atoms with van der Waals surface area (Å²) in [6, 6.07) is 32.1. The van der Waals surface area contributed by atoms with Gasteiger partial charge < -0.3 is 9.30 Å². The van der Waals surface area contributed by atoms with E-state index in [1.807, 2.05) is 24.3 Å². The Morgan fingerprint density at radius 1 is 0.676 bits per heavy atom. The fourth-order valence-electron chi connectivity index (χ4n) is 4.20. The van der Waals surface area contributed by atoms with Crippen LogP contribution in [0.15, 0.2) is 114 Å². The summed E-state index contributed by atoms with van der Waals surface area (Å²) >= 11 is 0. The zero-order valence-electron chi connectivity index (χ0n) is 18.3. The average Bonchev–Trinajstić information content (AvgIpc) is 2.90. The molecule has 0 aliphatic rings. The van der Waals surface area contributed by atoms with Gasteiger partial charge in [0.1, 0.15) is 6.54 Å². The summed E-state index contributed by atoms with van der Waals surface area (Å²) in [5, 5.41) is 1.04. The van der Waals surface area contributed by atoms with Crippen LogP contribution in [0.3, 0.4) is 0 Å². The number of carbonyl (C=O) groups excluding carboxylic acids is 2. The molecule has 34 heavy (non-hydrogen) atoms. The van der Waals surface area contributed by atoms with E-state index in [-0.39, 0.29) is 17.8 Å². The molecule has 0 fully saturated rings. The summed E-state index contributed by atoms with van der Waals surface area (Å²) in [7, 11) is 0. The van der Waals surface area contributed by atoms with Crippen LogP contribution in [0, 0.1) is 0 Å². The third-order valence-corrected chi connectivity index (χ3v) is 5.81. The van der Waals surface area contributed by atoms with Crippen molar-refractivity contribution in [1.82, 2.24) is 4.57 Å². The van der Waals surface area contributed by atoms with E-state index in [1.54, 1.807) is 89.5 Å². The summed E-state index contributed by atoms with van der Waals surface area (Å²) in [6.07, 6.45) is -1.08. The highest BCUT2D eigenvalue weighted by Gasteiger charge is 2.26. The van der Waals surface area contributed by atoms with Crippen LogP contribution in [0.5, 0.6) is 0 Å². The zero-order chi connectivity index (χ0) is 23.5. The second-order valence-corrected chi connectivity index (χ2v) is 7.96. The predicted molar refractivity (Wildman–Crippen MR) is 132 cm³/mol. The van der Waals surface area contributed by atoms with Gasteiger partial charge in [0, 0.05) is 21.9 Å². The van der Waals surface area contributed by atoms with Crippen molar-refractivity contribution in [1.29, 1.82) is 0 Å². The van der Waals surface area contributed by atoms with Gasteiger partial charge in [-0.2, -0.15) is 0 Å². The number of ether oxygens (including phenoxy) is 1. The molecule has 0 saturated carbocycles. The van der Waals surface area contributed by atoms with Crippen molar-refractivity contribution in [2.75, 3.05) is 0 Å². The van der Waals surface area contributed by atoms with Crippen LogP contribution in [-0.4, -0.2) is 16.3 Å². The lowest BCUT2D eigenvalue weighted by Crippen LogP contribution is -2.24. The van der Waals surface area contributed by atoms with Gasteiger partial charge in [-0.15, -0.1) is 0 Å². The Morgan fingerprint density at radius 2 is 1.18 bits per heavy atom. The first-order valence-electron chi connectivity index (χ1n) is 11.0. The van der Waals surface area contributed by atoms with Gasteiger partial charge in [0.2, 0.25) is 5.78 Å². The first-order chi connectivity index (χ1) is 16.6. The van der Waals surface area contributed by atoms with Crippen molar-refractivity contribution >= 4 is 33.6 Å². The van der Waals surface area contributed by atoms with Gasteiger partial charge in [0.05, 0.1) is 11.0 Å². The number of ketones is 1. The number of esters is 1. The van der Waals surface area contributed by atoms with Gasteiger partial charge in [-0.25, -0.2) is 0 Å². The van der Waals surface area contributed by atoms with Crippen LogP contribution >= 0.6 is 0 Å². The number of hydrogen-bond donors (Lipinski definition) is 0. The Balaban J connectivity index is 1.54. The van der Waals surface area contributed by atoms with E-state index in [0.717, 1.165) is 0 Å². The zero-order valence-corrected chi connectivity index (χ0v) is 18.3. The maximum absolute atomic E-state index is 13.3. The predicted octanol–water partition coefficient (Wildman–Crippen LogP) is 5.32. The number of fused-ring (bicyclic) bond motifs is 2. The molecule has 5 aromatic rings. The minimum absolute atomic E-state index is 0.0859. The number of Topliss-reactive ketones (excluding diaryl/α,β-unsaturated/α-hetero) is 1. The number of carbonyl (C=O) groups is 2. The fraction of sp³-hybridized carbons (Fsp3) is 0.0690. The van der Waals surface area contributed by atoms with Gasteiger partial charge in [-0.3, -0.25) is 14.4 Å². The SMILES string of the molecule is O=C(Cn1c2ccccc2c(=O)c2ccccc21)OC(C(=O)c1ccccc1)c1ccccc1. The molecule has 1 atom stereocenters. The number of nitrogens with zero attached hydrogens (tertiary/aromatic N) is 1. The lowest BCUT2D eigenvalue weighted by atomic mass is 10.00. The van der Waals surface area contributed by atoms with Gasteiger partial charge in [0.15, 0.2) is 11.5 Å². The van der Waals surface area contributed by atoms with E-state index in [9.17, 15) is 14.4 Å². The Morgan fingerprint density at radius 3 is 1.76 bits per heavy atom. The van der Waals surface area contributed by atoms with Gasteiger partial charge in [-0.05, 0) is 24.3 Å². The molecule has 0 spiro atoms. The molecule has 5 heteroatoms. The number of hydrogen-bond acceptors (Lipinski definition) is 4. The second-order valence-electron chi connectivity index (χ2n) is 7.96. The molecule has 0 saturated heterocycles. The van der Waals surface area contributed by atoms with Gasteiger partial charge >= 0.3 is 5.97 Å². The highest BCUT2D eigenvalue weighted by atomic mass is 16.5. The molecule has 1 aromatic heterocycles. The highest BCUT2D eigenvalue weighted by Crippen LogP contribution is 2.24. The largest absolute Gasteiger partial charge is 0.448 e. The lowest BCUT2D eigenvalue weighted by molar-refractivity contribution is -0.147. The maximum atomic E-state index is 13.3. The van der Waals surface area contributed by atoms with E-state index in [1.165, 1.54) is 0 Å².